The third-order valence-electron chi connectivity index (χ3n) is 11.9. The van der Waals surface area contributed by atoms with Gasteiger partial charge in [0.05, 0.1) is 28.7 Å². The van der Waals surface area contributed by atoms with Crippen LogP contribution in [0.3, 0.4) is 0 Å². The molecule has 4 heterocycles. The van der Waals surface area contributed by atoms with E-state index in [0.717, 1.165) is 84.4 Å². The third-order valence-corrected chi connectivity index (χ3v) is 14.6. The van der Waals surface area contributed by atoms with Gasteiger partial charge in [-0.25, -0.2) is 19.9 Å². The van der Waals surface area contributed by atoms with Gasteiger partial charge in [0.1, 0.15) is 45.1 Å². The molecule has 0 aliphatic heterocycles. The summed E-state index contributed by atoms with van der Waals surface area (Å²) in [4.78, 5) is 69.8. The number of carboxylic acid groups (broad SMARTS) is 1. The topological polar surface area (TPSA) is 191 Å². The maximum absolute atomic E-state index is 11.0. The number of carboxylic acids is 1. The number of aliphatic carboxylic acids is 1. The molecule has 0 unspecified atom stereocenters. The number of halogens is 1. The van der Waals surface area contributed by atoms with Crippen molar-refractivity contribution in [3.8, 4) is 5.88 Å². The van der Waals surface area contributed by atoms with Gasteiger partial charge in [-0.2, -0.15) is 0 Å². The zero-order chi connectivity index (χ0) is 46.7. The van der Waals surface area contributed by atoms with Crippen molar-refractivity contribution >= 4 is 95.5 Å². The molecule has 0 aromatic carbocycles. The fraction of sp³-hybridized carbons (Fsp3) is 0.652. The largest absolute Gasteiger partial charge is 1.00 e. The van der Waals surface area contributed by atoms with E-state index < -0.39 is 5.97 Å². The summed E-state index contributed by atoms with van der Waals surface area (Å²) in [6.07, 6.45) is 16.5. The molecule has 6 aliphatic rings. The molecule has 1 amide bonds. The molecular formula is C46H73AlClLiN8O7S2. The number of Topliss-reactive ketones (excluding diaryl/α,β-unsaturated/α-hetero) is 2. The predicted molar refractivity (Wildman–Crippen MR) is 267 cm³/mol. The molecule has 66 heavy (non-hydrogen) atoms. The Hall–Kier alpha value is -2.58. The molecule has 4 aromatic rings. The van der Waals surface area contributed by atoms with E-state index >= 15 is 0 Å². The van der Waals surface area contributed by atoms with Gasteiger partial charge in [-0.3, -0.25) is 19.2 Å². The van der Waals surface area contributed by atoms with E-state index in [0.29, 0.717) is 24.1 Å². The van der Waals surface area contributed by atoms with E-state index in [-0.39, 0.29) is 87.3 Å². The number of thiophene rings is 2. The molecule has 0 atom stereocenters. The van der Waals surface area contributed by atoms with E-state index in [1.54, 1.807) is 31.8 Å². The zero-order valence-electron chi connectivity index (χ0n) is 40.7. The van der Waals surface area contributed by atoms with Crippen LogP contribution in [0.5, 0.6) is 5.88 Å². The third kappa shape index (κ3) is 16.3. The molecule has 3 N–H and O–H groups in total. The van der Waals surface area contributed by atoms with Crippen LogP contribution >= 0.6 is 34.3 Å². The molecule has 0 spiro atoms. The van der Waals surface area contributed by atoms with Crippen LogP contribution < -0.4 is 28.9 Å². The predicted octanol–water partition coefficient (Wildman–Crippen LogP) is 2.17. The van der Waals surface area contributed by atoms with Gasteiger partial charge >= 0.3 is 24.8 Å². The van der Waals surface area contributed by atoms with Gasteiger partial charge in [-0.05, 0) is 129 Å². The summed E-state index contributed by atoms with van der Waals surface area (Å²) in [7, 11) is 15.6. The maximum Gasteiger partial charge on any atom is 1.00 e. The molecule has 0 saturated heterocycles. The standard InChI is InChI=1S/C16H21N3OS.C9H7ClN2S.C7H11NO2.C7H15NO.C5H6O3.C2H7N.Al.Li.H2.4H/c1-19(2)8-10-6-11(7-10)20-15-14-12-4-3-5-13(12)21-16(14)18-9-17-15;10-8-7-5-2-1-3-6(5)13-9(7)12-4-11-8;1-8(2)7(10)5-3-6(9)4-5;1-8(2)5-6-3-7(9)4-6;6-4-1-3(2-4)5(7)8;1-3-2;;;;;;;/h9-11H,3-8H2,1-2H3;4H,1-3H2;5H,3-4H2,1-2H3;6-7,9H,3-5H2,1-2H3;3H,1-2H2,(H,7,8);3H,1-2H3;;;1H;;;;/q;;;;;;;+1;;;;;-1/i;;;;;;;;1+1;;;;. The van der Waals surface area contributed by atoms with Crippen molar-refractivity contribution in [2.45, 2.75) is 102 Å². The molecule has 15 nitrogen and oxygen atoms in total. The number of ketones is 2. The van der Waals surface area contributed by atoms with Gasteiger partial charge in [0.15, 0.2) is 17.4 Å². The Bertz CT molecular complexity index is 2210. The number of hydrogen-bond donors (Lipinski definition) is 3. The van der Waals surface area contributed by atoms with Crippen LogP contribution in [-0.2, 0) is 44.9 Å². The van der Waals surface area contributed by atoms with Crippen LogP contribution in [0.15, 0.2) is 12.7 Å². The first-order valence-corrected chi connectivity index (χ1v) is 24.3. The van der Waals surface area contributed by atoms with E-state index in [1.807, 2.05) is 25.4 Å². The molecule has 10 rings (SSSR count). The number of nitrogens with zero attached hydrogens (tertiary/aromatic N) is 7. The molecule has 362 valence electrons. The minimum atomic E-state index is -0.843. The van der Waals surface area contributed by atoms with Crippen LogP contribution in [-0.4, -0.2) is 167 Å². The van der Waals surface area contributed by atoms with Crippen LogP contribution in [0, 0.1) is 23.7 Å². The van der Waals surface area contributed by atoms with Crippen molar-refractivity contribution in [1.29, 1.82) is 0 Å². The first kappa shape index (κ1) is 57.7. The summed E-state index contributed by atoms with van der Waals surface area (Å²) in [5, 5.41) is 22.8. The number of aromatic nitrogens is 4. The van der Waals surface area contributed by atoms with Crippen LogP contribution in [0.4, 0.5) is 0 Å². The van der Waals surface area contributed by atoms with Crippen molar-refractivity contribution in [3.63, 3.8) is 0 Å². The first-order valence-electron chi connectivity index (χ1n) is 22.3. The van der Waals surface area contributed by atoms with Crippen molar-refractivity contribution < 1.29 is 55.8 Å². The fourth-order valence-corrected chi connectivity index (χ4v) is 11.3. The summed E-state index contributed by atoms with van der Waals surface area (Å²) in [5.41, 5.74) is 2.85. The van der Waals surface area contributed by atoms with Gasteiger partial charge in [0.2, 0.25) is 11.8 Å². The van der Waals surface area contributed by atoms with Crippen LogP contribution in [0.25, 0.3) is 20.4 Å². The Morgan fingerprint density at radius 2 is 1.23 bits per heavy atom. The summed E-state index contributed by atoms with van der Waals surface area (Å²) in [5.74, 6) is 1.49. The minimum absolute atomic E-state index is 0. The smallest absolute Gasteiger partial charge is 1.00 e. The minimum Gasteiger partial charge on any atom is -1.00 e. The van der Waals surface area contributed by atoms with Crippen LogP contribution in [0.1, 0.15) is 87.9 Å². The van der Waals surface area contributed by atoms with Gasteiger partial charge in [-0.15, -0.1) is 22.7 Å². The number of nitrogens with one attached hydrogen (secondary N) is 1. The van der Waals surface area contributed by atoms with Gasteiger partial charge in [0.25, 0.3) is 0 Å². The molecular weight excluding hydrogens is 910 g/mol. The van der Waals surface area contributed by atoms with Gasteiger partial charge in [0, 0.05) is 64.0 Å². The normalized spacial score (nSPS) is 21.0. The van der Waals surface area contributed by atoms with Crippen LogP contribution in [0.2, 0.25) is 5.15 Å². The molecule has 4 aromatic heterocycles. The molecule has 20 heteroatoms. The van der Waals surface area contributed by atoms with Gasteiger partial charge in [-0.1, -0.05) is 11.6 Å². The van der Waals surface area contributed by atoms with Crippen molar-refractivity contribution in [3.05, 3.63) is 38.7 Å². The fourth-order valence-electron chi connectivity index (χ4n) is 8.53. The average molecular weight is 985 g/mol. The number of aliphatic hydroxyl groups is 1. The average Bonchev–Trinajstić information content (AvgIpc) is 3.97. The zero-order valence-corrected chi connectivity index (χ0v) is 42.1. The van der Waals surface area contributed by atoms with Crippen molar-refractivity contribution in [2.75, 3.05) is 69.5 Å². The maximum atomic E-state index is 11.0. The molecule has 6 aliphatic carbocycles. The van der Waals surface area contributed by atoms with E-state index in [2.05, 4.69) is 63.2 Å². The summed E-state index contributed by atoms with van der Waals surface area (Å²) in [6, 6.07) is 0. The van der Waals surface area contributed by atoms with Crippen molar-refractivity contribution in [1.82, 2.24) is 40.0 Å². The number of hydrogen-bond acceptors (Lipinski definition) is 15. The Kier molecular flexibility index (Phi) is 24.1. The Labute approximate surface area is 428 Å². The number of rotatable bonds is 8. The quantitative estimate of drug-likeness (QED) is 0.172. The Morgan fingerprint density at radius 3 is 1.67 bits per heavy atom. The van der Waals surface area contributed by atoms with Crippen molar-refractivity contribution in [2.24, 2.45) is 23.7 Å². The molecule has 0 radical (unpaired) electrons. The summed E-state index contributed by atoms with van der Waals surface area (Å²) < 4.78 is 6.20. The summed E-state index contributed by atoms with van der Waals surface area (Å²) >= 11 is 9.63. The number of carbonyl (C=O) groups is 4. The molecule has 4 saturated carbocycles. The second-order valence-corrected chi connectivity index (χ2v) is 20.9. The Morgan fingerprint density at radius 1 is 0.773 bits per heavy atom. The second-order valence-electron chi connectivity index (χ2n) is 18.4. The Balaban J connectivity index is 0.000000433. The van der Waals surface area contributed by atoms with E-state index in [4.69, 9.17) is 26.6 Å². The second kappa shape index (κ2) is 27.6. The number of aryl methyl sites for hydroxylation is 4. The number of carbonyl (C=O) groups excluding carboxylic acids is 3. The van der Waals surface area contributed by atoms with E-state index in [9.17, 15) is 19.2 Å². The number of ether oxygens (including phenoxy) is 1. The number of aliphatic hydroxyl groups excluding tert-OH is 1. The SMILES string of the molecule is CN(C)C(=O)C1CC(=O)C1.CN(C)CC1CC(O)C1.CN(C)CC1CC(Oc2ncnc3sc4c(c23)CCC4)C1.CNC.Clc1ncnc2sc3c(c12)CCC3.O=C1CC(C(=O)O)C1.[2HH].[AlH3].[H-].[Li+]. The first-order chi connectivity index (χ1) is 30.5. The molecule has 4 fully saturated rings. The molecule has 0 bridgehead atoms. The summed E-state index contributed by atoms with van der Waals surface area (Å²) in [6.45, 7) is 2.30. The number of amides is 1. The monoisotopic (exact) mass is 983 g/mol. The van der Waals surface area contributed by atoms with E-state index in [1.165, 1.54) is 63.2 Å². The number of fused-ring (bicyclic) bond motifs is 6. The van der Waals surface area contributed by atoms with Gasteiger partial charge < -0.3 is 36.4 Å².